The molecule has 1 N–H and O–H groups in total. The van der Waals surface area contributed by atoms with Gasteiger partial charge in [0.1, 0.15) is 6.61 Å². The summed E-state index contributed by atoms with van der Waals surface area (Å²) in [6, 6.07) is 9.46. The predicted molar refractivity (Wildman–Crippen MR) is 86.9 cm³/mol. The molecular formula is C18H25NO4. The Morgan fingerprint density at radius 2 is 1.87 bits per heavy atom. The number of aliphatic carboxylic acids is 1. The number of amides is 1. The molecule has 1 aromatic carbocycles. The molecule has 2 atom stereocenters. The van der Waals surface area contributed by atoms with Crippen molar-refractivity contribution < 1.29 is 19.4 Å². The summed E-state index contributed by atoms with van der Waals surface area (Å²) in [6.45, 7) is 6.61. The molecule has 5 heteroatoms. The van der Waals surface area contributed by atoms with Crippen LogP contribution in [0.25, 0.3) is 0 Å². The molecule has 1 heterocycles. The van der Waals surface area contributed by atoms with Crippen LogP contribution in [-0.4, -0.2) is 34.7 Å². The molecule has 1 aliphatic rings. The van der Waals surface area contributed by atoms with Crippen molar-refractivity contribution in [1.29, 1.82) is 0 Å². The molecule has 1 aromatic rings. The fraction of sp³-hybridized carbons (Fsp3) is 0.556. The minimum Gasteiger partial charge on any atom is -0.481 e. The quantitative estimate of drug-likeness (QED) is 0.925. The molecule has 0 spiro atoms. The van der Waals surface area contributed by atoms with Gasteiger partial charge >= 0.3 is 12.1 Å². The number of hydrogen-bond acceptors (Lipinski definition) is 3. The van der Waals surface area contributed by atoms with Crippen LogP contribution in [-0.2, 0) is 16.1 Å². The van der Waals surface area contributed by atoms with Gasteiger partial charge in [-0.05, 0) is 23.8 Å². The summed E-state index contributed by atoms with van der Waals surface area (Å²) in [5.41, 5.74) is 0.801. The number of carbonyl (C=O) groups excluding carboxylic acids is 1. The van der Waals surface area contributed by atoms with Gasteiger partial charge in [-0.3, -0.25) is 4.79 Å². The Bertz CT molecular complexity index is 550. The number of nitrogens with zero attached hydrogens (tertiary/aromatic N) is 1. The van der Waals surface area contributed by atoms with Crippen LogP contribution < -0.4 is 0 Å². The van der Waals surface area contributed by atoms with Gasteiger partial charge in [0, 0.05) is 12.6 Å². The zero-order chi connectivity index (χ0) is 17.0. The van der Waals surface area contributed by atoms with E-state index in [9.17, 15) is 14.7 Å². The molecule has 0 aliphatic carbocycles. The maximum Gasteiger partial charge on any atom is 0.410 e. The van der Waals surface area contributed by atoms with Crippen molar-refractivity contribution in [3.63, 3.8) is 0 Å². The SMILES string of the molecule is CC(C)(C)C1CCC(C(=O)O)CN1C(=O)OCc1ccccc1. The number of carbonyl (C=O) groups is 2. The number of ether oxygens (including phenoxy) is 1. The zero-order valence-electron chi connectivity index (χ0n) is 14.0. The monoisotopic (exact) mass is 319 g/mol. The van der Waals surface area contributed by atoms with E-state index < -0.39 is 18.0 Å². The molecule has 2 rings (SSSR count). The highest BCUT2D eigenvalue weighted by molar-refractivity contribution is 5.73. The third-order valence-corrected chi connectivity index (χ3v) is 4.37. The lowest BCUT2D eigenvalue weighted by atomic mass is 9.78. The van der Waals surface area contributed by atoms with Gasteiger partial charge < -0.3 is 14.7 Å². The summed E-state index contributed by atoms with van der Waals surface area (Å²) >= 11 is 0. The third-order valence-electron chi connectivity index (χ3n) is 4.37. The largest absolute Gasteiger partial charge is 0.481 e. The highest BCUT2D eigenvalue weighted by Crippen LogP contribution is 2.34. The molecule has 23 heavy (non-hydrogen) atoms. The summed E-state index contributed by atoms with van der Waals surface area (Å²) in [7, 11) is 0. The minimum absolute atomic E-state index is 0.0126. The van der Waals surface area contributed by atoms with Crippen molar-refractivity contribution in [2.45, 2.75) is 46.3 Å². The standard InChI is InChI=1S/C18H25NO4/c1-18(2,3)15-10-9-14(16(20)21)11-19(15)17(22)23-12-13-7-5-4-6-8-13/h4-8,14-15H,9-12H2,1-3H3,(H,20,21). The van der Waals surface area contributed by atoms with E-state index in [0.29, 0.717) is 12.8 Å². The van der Waals surface area contributed by atoms with Crippen LogP contribution in [0.2, 0.25) is 0 Å². The second kappa shape index (κ2) is 7.02. The van der Waals surface area contributed by atoms with Gasteiger partial charge in [0.2, 0.25) is 0 Å². The Hall–Kier alpha value is -2.04. The number of carboxylic acid groups (broad SMARTS) is 1. The molecule has 1 fully saturated rings. The number of likely N-dealkylation sites (tertiary alicyclic amines) is 1. The van der Waals surface area contributed by atoms with Crippen LogP contribution in [0.3, 0.4) is 0 Å². The Kier molecular flexibility index (Phi) is 5.29. The molecule has 0 bridgehead atoms. The van der Waals surface area contributed by atoms with Crippen LogP contribution in [0, 0.1) is 11.3 Å². The molecular weight excluding hydrogens is 294 g/mol. The summed E-state index contributed by atoms with van der Waals surface area (Å²) in [4.78, 5) is 25.4. The van der Waals surface area contributed by atoms with Crippen molar-refractivity contribution in [2.75, 3.05) is 6.54 Å². The van der Waals surface area contributed by atoms with Gasteiger partial charge in [0.05, 0.1) is 5.92 Å². The van der Waals surface area contributed by atoms with Crippen LogP contribution in [0.5, 0.6) is 0 Å². The van der Waals surface area contributed by atoms with E-state index in [1.54, 1.807) is 4.90 Å². The summed E-state index contributed by atoms with van der Waals surface area (Å²) in [5, 5.41) is 9.26. The van der Waals surface area contributed by atoms with Crippen LogP contribution in [0.4, 0.5) is 4.79 Å². The van der Waals surface area contributed by atoms with E-state index >= 15 is 0 Å². The molecule has 0 aromatic heterocycles. The van der Waals surface area contributed by atoms with Gasteiger partial charge in [0.25, 0.3) is 0 Å². The maximum absolute atomic E-state index is 12.5. The molecule has 2 unspecified atom stereocenters. The Balaban J connectivity index is 2.07. The number of benzene rings is 1. The molecule has 126 valence electrons. The number of hydrogen-bond donors (Lipinski definition) is 1. The van der Waals surface area contributed by atoms with E-state index in [-0.39, 0.29) is 24.6 Å². The first-order chi connectivity index (χ1) is 10.8. The van der Waals surface area contributed by atoms with Gasteiger partial charge in [0.15, 0.2) is 0 Å². The Morgan fingerprint density at radius 1 is 1.22 bits per heavy atom. The molecule has 1 aliphatic heterocycles. The smallest absolute Gasteiger partial charge is 0.410 e. The van der Waals surface area contributed by atoms with E-state index in [1.165, 1.54) is 0 Å². The van der Waals surface area contributed by atoms with Crippen LogP contribution >= 0.6 is 0 Å². The van der Waals surface area contributed by atoms with E-state index in [1.807, 2.05) is 30.3 Å². The van der Waals surface area contributed by atoms with Crippen molar-refractivity contribution in [2.24, 2.45) is 11.3 Å². The lowest BCUT2D eigenvalue weighted by Gasteiger charge is -2.44. The van der Waals surface area contributed by atoms with Gasteiger partial charge in [-0.15, -0.1) is 0 Å². The second-order valence-corrected chi connectivity index (χ2v) is 7.19. The highest BCUT2D eigenvalue weighted by atomic mass is 16.6. The van der Waals surface area contributed by atoms with Crippen molar-refractivity contribution >= 4 is 12.1 Å². The summed E-state index contributed by atoms with van der Waals surface area (Å²) < 4.78 is 5.42. The number of piperidine rings is 1. The molecule has 1 saturated heterocycles. The first kappa shape index (κ1) is 17.3. The van der Waals surface area contributed by atoms with E-state index in [4.69, 9.17) is 4.74 Å². The average Bonchev–Trinajstić information content (AvgIpc) is 2.52. The maximum atomic E-state index is 12.5. The first-order valence-electron chi connectivity index (χ1n) is 7.99. The van der Waals surface area contributed by atoms with Gasteiger partial charge in [-0.1, -0.05) is 51.1 Å². The summed E-state index contributed by atoms with van der Waals surface area (Å²) in [5.74, 6) is -1.36. The fourth-order valence-corrected chi connectivity index (χ4v) is 3.08. The molecule has 1 amide bonds. The topological polar surface area (TPSA) is 66.8 Å². The molecule has 0 saturated carbocycles. The summed E-state index contributed by atoms with van der Waals surface area (Å²) in [6.07, 6.45) is 0.848. The normalized spacial score (nSPS) is 21.8. The van der Waals surface area contributed by atoms with E-state index in [2.05, 4.69) is 20.8 Å². The Morgan fingerprint density at radius 3 is 2.43 bits per heavy atom. The average molecular weight is 319 g/mol. The second-order valence-electron chi connectivity index (χ2n) is 7.19. The van der Waals surface area contributed by atoms with Crippen LogP contribution in [0.15, 0.2) is 30.3 Å². The highest BCUT2D eigenvalue weighted by Gasteiger charge is 2.40. The minimum atomic E-state index is -0.849. The van der Waals surface area contributed by atoms with Crippen molar-refractivity contribution in [3.05, 3.63) is 35.9 Å². The van der Waals surface area contributed by atoms with Crippen molar-refractivity contribution in [3.8, 4) is 0 Å². The van der Waals surface area contributed by atoms with Crippen LogP contribution in [0.1, 0.15) is 39.2 Å². The third kappa shape index (κ3) is 4.47. The fourth-order valence-electron chi connectivity index (χ4n) is 3.08. The Labute approximate surface area is 137 Å². The zero-order valence-corrected chi connectivity index (χ0v) is 14.0. The number of rotatable bonds is 3. The number of carboxylic acids is 1. The molecule has 5 nitrogen and oxygen atoms in total. The van der Waals surface area contributed by atoms with Gasteiger partial charge in [-0.2, -0.15) is 0 Å². The van der Waals surface area contributed by atoms with Gasteiger partial charge in [-0.25, -0.2) is 4.79 Å². The lowest BCUT2D eigenvalue weighted by molar-refractivity contribution is -0.144. The first-order valence-corrected chi connectivity index (χ1v) is 7.99. The predicted octanol–water partition coefficient (Wildman–Crippen LogP) is 3.53. The lowest BCUT2D eigenvalue weighted by Crippen LogP contribution is -2.53. The molecule has 0 radical (unpaired) electrons. The van der Waals surface area contributed by atoms with E-state index in [0.717, 1.165) is 5.56 Å². The van der Waals surface area contributed by atoms with Crippen molar-refractivity contribution in [1.82, 2.24) is 4.90 Å².